The van der Waals surface area contributed by atoms with Crippen molar-refractivity contribution in [3.8, 4) is 11.5 Å². The second-order valence-electron chi connectivity index (χ2n) is 4.63. The van der Waals surface area contributed by atoms with Crippen LogP contribution < -0.4 is 15.2 Å². The molecule has 1 atom stereocenters. The minimum absolute atomic E-state index is 0.201. The fourth-order valence-corrected chi connectivity index (χ4v) is 2.16. The Morgan fingerprint density at radius 1 is 1.14 bits per heavy atom. The van der Waals surface area contributed by atoms with Gasteiger partial charge in [-0.15, -0.1) is 0 Å². The van der Waals surface area contributed by atoms with Crippen LogP contribution in [-0.4, -0.2) is 13.2 Å². The van der Waals surface area contributed by atoms with E-state index in [-0.39, 0.29) is 18.4 Å². The van der Waals surface area contributed by atoms with Crippen LogP contribution in [0.3, 0.4) is 0 Å². The largest absolute Gasteiger partial charge is 0.490 e. The summed E-state index contributed by atoms with van der Waals surface area (Å²) in [7, 11) is 0. The molecule has 0 aromatic heterocycles. The van der Waals surface area contributed by atoms with Crippen LogP contribution in [0, 0.1) is 5.82 Å². The van der Waals surface area contributed by atoms with Gasteiger partial charge in [-0.2, -0.15) is 0 Å². The molecule has 0 aliphatic rings. The van der Waals surface area contributed by atoms with Crippen LogP contribution in [0.1, 0.15) is 18.5 Å². The van der Waals surface area contributed by atoms with Crippen LogP contribution in [-0.2, 0) is 0 Å². The summed E-state index contributed by atoms with van der Waals surface area (Å²) in [5, 5.41) is 0. The van der Waals surface area contributed by atoms with Crippen molar-refractivity contribution in [2.45, 2.75) is 13.0 Å². The summed E-state index contributed by atoms with van der Waals surface area (Å²) in [4.78, 5) is 0. The van der Waals surface area contributed by atoms with E-state index in [9.17, 15) is 4.39 Å². The predicted octanol–water partition coefficient (Wildman–Crippen LogP) is 4.07. The molecular formula is C16H17BrFNO2. The average molecular weight is 354 g/mol. The van der Waals surface area contributed by atoms with Crippen molar-refractivity contribution in [3.63, 3.8) is 0 Å². The molecule has 0 heterocycles. The highest BCUT2D eigenvalue weighted by atomic mass is 79.9. The van der Waals surface area contributed by atoms with Gasteiger partial charge in [0.05, 0.1) is 0 Å². The quantitative estimate of drug-likeness (QED) is 0.796. The van der Waals surface area contributed by atoms with Crippen molar-refractivity contribution < 1.29 is 13.9 Å². The normalized spacial score (nSPS) is 12.0. The molecule has 0 saturated heterocycles. The van der Waals surface area contributed by atoms with E-state index in [4.69, 9.17) is 15.2 Å². The highest BCUT2D eigenvalue weighted by Crippen LogP contribution is 2.21. The van der Waals surface area contributed by atoms with Crippen LogP contribution in [0.2, 0.25) is 0 Å². The van der Waals surface area contributed by atoms with Gasteiger partial charge in [0.1, 0.15) is 19.0 Å². The molecule has 2 aromatic rings. The smallest absolute Gasteiger partial charge is 0.165 e. The number of hydrogen-bond donors (Lipinski definition) is 1. The molecule has 0 aliphatic carbocycles. The van der Waals surface area contributed by atoms with E-state index in [1.807, 2.05) is 24.3 Å². The number of rotatable bonds is 6. The molecule has 0 saturated carbocycles. The summed E-state index contributed by atoms with van der Waals surface area (Å²) in [6.45, 7) is 2.41. The number of nitrogens with two attached hydrogens (primary N) is 1. The molecule has 0 fully saturated rings. The fourth-order valence-electron chi connectivity index (χ4n) is 1.79. The number of halogens is 2. The minimum Gasteiger partial charge on any atom is -0.490 e. The second-order valence-corrected chi connectivity index (χ2v) is 5.55. The van der Waals surface area contributed by atoms with Gasteiger partial charge in [0.25, 0.3) is 0 Å². The summed E-state index contributed by atoms with van der Waals surface area (Å²) in [5.74, 6) is 0.533. The molecule has 2 N–H and O–H groups in total. The van der Waals surface area contributed by atoms with Gasteiger partial charge < -0.3 is 15.2 Å². The number of ether oxygens (including phenoxy) is 2. The topological polar surface area (TPSA) is 44.5 Å². The van der Waals surface area contributed by atoms with E-state index < -0.39 is 5.82 Å². The third-order valence-electron chi connectivity index (χ3n) is 2.89. The predicted molar refractivity (Wildman–Crippen MR) is 84.1 cm³/mol. The maximum absolute atomic E-state index is 13.8. The summed E-state index contributed by atoms with van der Waals surface area (Å²) in [6, 6.07) is 12.1. The van der Waals surface area contributed by atoms with Gasteiger partial charge in [-0.05, 0) is 42.8 Å². The monoisotopic (exact) mass is 353 g/mol. The van der Waals surface area contributed by atoms with Crippen LogP contribution in [0.4, 0.5) is 4.39 Å². The van der Waals surface area contributed by atoms with Gasteiger partial charge in [0.15, 0.2) is 11.6 Å². The third-order valence-corrected chi connectivity index (χ3v) is 3.38. The summed E-state index contributed by atoms with van der Waals surface area (Å²) >= 11 is 3.36. The minimum atomic E-state index is -0.410. The van der Waals surface area contributed by atoms with Crippen LogP contribution in [0.5, 0.6) is 11.5 Å². The van der Waals surface area contributed by atoms with Crippen LogP contribution in [0.15, 0.2) is 46.9 Å². The first-order valence-corrected chi connectivity index (χ1v) is 7.42. The first-order valence-electron chi connectivity index (χ1n) is 6.62. The van der Waals surface area contributed by atoms with Gasteiger partial charge in [0, 0.05) is 10.5 Å². The van der Waals surface area contributed by atoms with Gasteiger partial charge >= 0.3 is 0 Å². The van der Waals surface area contributed by atoms with Crippen LogP contribution in [0.25, 0.3) is 0 Å². The average Bonchev–Trinajstić information content (AvgIpc) is 2.45. The zero-order valence-corrected chi connectivity index (χ0v) is 13.3. The molecule has 112 valence electrons. The van der Waals surface area contributed by atoms with Gasteiger partial charge in [-0.1, -0.05) is 28.1 Å². The molecule has 0 spiro atoms. The molecule has 0 amide bonds. The first-order chi connectivity index (χ1) is 10.1. The molecule has 21 heavy (non-hydrogen) atoms. The molecule has 0 bridgehead atoms. The molecule has 3 nitrogen and oxygen atoms in total. The van der Waals surface area contributed by atoms with Crippen molar-refractivity contribution in [2.24, 2.45) is 5.73 Å². The van der Waals surface area contributed by atoms with E-state index >= 15 is 0 Å². The molecular weight excluding hydrogens is 337 g/mol. The maximum Gasteiger partial charge on any atom is 0.165 e. The SMILES string of the molecule is CC(N)c1ccc(OCCOc2cccc(Br)c2)c(F)c1. The lowest BCUT2D eigenvalue weighted by Gasteiger charge is -2.11. The Morgan fingerprint density at radius 3 is 2.57 bits per heavy atom. The van der Waals surface area contributed by atoms with Crippen molar-refractivity contribution in [3.05, 3.63) is 58.3 Å². The molecule has 0 aliphatic heterocycles. The molecule has 0 radical (unpaired) electrons. The zero-order valence-electron chi connectivity index (χ0n) is 11.7. The summed E-state index contributed by atoms with van der Waals surface area (Å²) in [5.41, 5.74) is 6.44. The highest BCUT2D eigenvalue weighted by molar-refractivity contribution is 9.10. The zero-order chi connectivity index (χ0) is 15.2. The third kappa shape index (κ3) is 4.72. The van der Waals surface area contributed by atoms with E-state index in [1.54, 1.807) is 19.1 Å². The van der Waals surface area contributed by atoms with Crippen molar-refractivity contribution >= 4 is 15.9 Å². The molecule has 2 aromatic carbocycles. The Bertz CT molecular complexity index is 605. The Morgan fingerprint density at radius 2 is 1.90 bits per heavy atom. The molecule has 2 rings (SSSR count). The Kier molecular flexibility index (Phi) is 5.59. The van der Waals surface area contributed by atoms with Gasteiger partial charge in [-0.25, -0.2) is 4.39 Å². The molecule has 1 unspecified atom stereocenters. The Balaban J connectivity index is 1.83. The van der Waals surface area contributed by atoms with Gasteiger partial charge in [-0.3, -0.25) is 0 Å². The van der Waals surface area contributed by atoms with Crippen molar-refractivity contribution in [2.75, 3.05) is 13.2 Å². The number of hydrogen-bond acceptors (Lipinski definition) is 3. The van der Waals surface area contributed by atoms with Gasteiger partial charge in [0.2, 0.25) is 0 Å². The van der Waals surface area contributed by atoms with E-state index in [1.165, 1.54) is 6.07 Å². The maximum atomic E-state index is 13.8. The summed E-state index contributed by atoms with van der Waals surface area (Å²) < 4.78 is 25.6. The van der Waals surface area contributed by atoms with Crippen LogP contribution >= 0.6 is 15.9 Å². The lowest BCUT2D eigenvalue weighted by molar-refractivity contribution is 0.211. The first kappa shape index (κ1) is 15.8. The highest BCUT2D eigenvalue weighted by Gasteiger charge is 2.07. The molecule has 5 heteroatoms. The lowest BCUT2D eigenvalue weighted by atomic mass is 10.1. The lowest BCUT2D eigenvalue weighted by Crippen LogP contribution is -2.10. The van der Waals surface area contributed by atoms with Crippen molar-refractivity contribution in [1.82, 2.24) is 0 Å². The Hall–Kier alpha value is -1.59. The standard InChI is InChI=1S/C16H17BrFNO2/c1-11(19)12-5-6-16(15(18)9-12)21-8-7-20-14-4-2-3-13(17)10-14/h2-6,9-11H,7-8,19H2,1H3. The van der Waals surface area contributed by atoms with E-state index in [0.717, 1.165) is 15.8 Å². The van der Waals surface area contributed by atoms with Crippen molar-refractivity contribution in [1.29, 1.82) is 0 Å². The Labute approximate surface area is 132 Å². The summed E-state index contributed by atoms with van der Waals surface area (Å²) in [6.07, 6.45) is 0. The van der Waals surface area contributed by atoms with E-state index in [2.05, 4.69) is 15.9 Å². The fraction of sp³-hybridized carbons (Fsp3) is 0.250. The second kappa shape index (κ2) is 7.43. The number of benzene rings is 2. The van der Waals surface area contributed by atoms with E-state index in [0.29, 0.717) is 6.61 Å².